The number of hydrogen-bond donors (Lipinski definition) is 2. The Hall–Kier alpha value is 0.415. The topological polar surface area (TPSA) is 40.5 Å². The molecule has 0 aliphatic rings. The second kappa shape index (κ2) is 6.53. The molecule has 1 atom stereocenters. The molecule has 0 radical (unpaired) electrons. The first-order valence-corrected chi connectivity index (χ1v) is 4.75. The molecule has 2 nitrogen and oxygen atoms in total. The third-order valence-electron chi connectivity index (χ3n) is 1.03. The zero-order chi connectivity index (χ0) is 7.11. The van der Waals surface area contributed by atoms with Gasteiger partial charge in [-0.05, 0) is 18.6 Å². The molecule has 0 spiro atoms. The molecule has 0 aromatic heterocycles. The van der Waals surface area contributed by atoms with Crippen molar-refractivity contribution in [3.63, 3.8) is 0 Å². The highest BCUT2D eigenvalue weighted by molar-refractivity contribution is 7.40. The van der Waals surface area contributed by atoms with Crippen molar-refractivity contribution in [2.45, 2.75) is 19.8 Å². The number of unbranched alkanes of at least 4 members (excludes halogenated alkanes) is 1. The van der Waals surface area contributed by atoms with Crippen molar-refractivity contribution < 1.29 is 10.0 Å². The molecule has 0 aliphatic carbocycles. The molecule has 0 aliphatic heterocycles. The number of rotatable bonds is 5. The highest BCUT2D eigenvalue weighted by Crippen LogP contribution is 2.11. The first-order valence-electron chi connectivity index (χ1n) is 3.34. The lowest BCUT2D eigenvalue weighted by Crippen LogP contribution is -2.13. The molecule has 4 heteroatoms. The summed E-state index contributed by atoms with van der Waals surface area (Å²) in [7, 11) is -0.364. The van der Waals surface area contributed by atoms with E-state index in [2.05, 4.69) is 6.92 Å². The molecule has 0 saturated carbocycles. The van der Waals surface area contributed by atoms with Crippen LogP contribution in [0.1, 0.15) is 19.8 Å². The summed E-state index contributed by atoms with van der Waals surface area (Å²) in [6.07, 6.45) is 3.56. The Morgan fingerprint density at radius 1 is 1.44 bits per heavy atom. The van der Waals surface area contributed by atoms with Crippen LogP contribution in [-0.4, -0.2) is 29.4 Å². The van der Waals surface area contributed by atoms with Crippen LogP contribution in [0.5, 0.6) is 0 Å². The maximum absolute atomic E-state index is 8.41. The number of hydrogen-bond acceptors (Lipinski definition) is 2. The summed E-state index contributed by atoms with van der Waals surface area (Å²) in [5.41, 5.74) is 0. The largest absolute Gasteiger partial charge is 0.455 e. The summed E-state index contributed by atoms with van der Waals surface area (Å²) in [5.74, 6) is 0. The van der Waals surface area contributed by atoms with Crippen LogP contribution in [-0.2, 0) is 0 Å². The van der Waals surface area contributed by atoms with Crippen molar-refractivity contribution in [1.82, 2.24) is 0 Å². The molecule has 0 heterocycles. The lowest BCUT2D eigenvalue weighted by atomic mass is 9.98. The van der Waals surface area contributed by atoms with Gasteiger partial charge < -0.3 is 10.0 Å². The minimum Gasteiger partial charge on any atom is -0.427 e. The van der Waals surface area contributed by atoms with E-state index in [0.717, 1.165) is 14.7 Å². The van der Waals surface area contributed by atoms with Crippen molar-refractivity contribution in [3.8, 4) is 0 Å². The van der Waals surface area contributed by atoms with Gasteiger partial charge in [0.2, 0.25) is 0 Å². The Kier molecular flexibility index (Phi) is 6.84. The molecule has 9 heavy (non-hydrogen) atoms. The van der Waals surface area contributed by atoms with Gasteiger partial charge in [0.25, 0.3) is 0 Å². The van der Waals surface area contributed by atoms with Crippen molar-refractivity contribution in [3.05, 3.63) is 0 Å². The minimum absolute atomic E-state index is 0.556. The van der Waals surface area contributed by atoms with Gasteiger partial charge in [0, 0.05) is 0 Å². The summed E-state index contributed by atoms with van der Waals surface area (Å²) in [4.78, 5) is 0. The van der Waals surface area contributed by atoms with Crippen LogP contribution in [0, 0.1) is 0 Å². The quantitative estimate of drug-likeness (QED) is 0.338. The fourth-order valence-electron chi connectivity index (χ4n) is 0.533. The van der Waals surface area contributed by atoms with Crippen molar-refractivity contribution >= 4 is 15.7 Å². The maximum atomic E-state index is 8.41. The Balaban J connectivity index is 2.75. The molecule has 0 bridgehead atoms. The summed E-state index contributed by atoms with van der Waals surface area (Å²) >= 11 is 0. The molecule has 2 N–H and O–H groups in total. The van der Waals surface area contributed by atoms with Gasteiger partial charge >= 0.3 is 7.12 Å². The van der Waals surface area contributed by atoms with E-state index in [9.17, 15) is 0 Å². The molecule has 54 valence electrons. The van der Waals surface area contributed by atoms with Gasteiger partial charge in [0.1, 0.15) is 0 Å². The highest BCUT2D eigenvalue weighted by atomic mass is 31.1. The van der Waals surface area contributed by atoms with Crippen LogP contribution >= 0.6 is 8.58 Å². The SMILES string of the molecule is CCCCPCB(O)O. The van der Waals surface area contributed by atoms with Gasteiger partial charge in [-0.15, -0.1) is 8.58 Å². The first kappa shape index (κ1) is 9.41. The van der Waals surface area contributed by atoms with Crippen LogP contribution in [0.25, 0.3) is 0 Å². The summed E-state index contributed by atoms with van der Waals surface area (Å²) in [6.45, 7) is 2.14. The van der Waals surface area contributed by atoms with E-state index < -0.39 is 7.12 Å². The molecule has 0 fully saturated rings. The van der Waals surface area contributed by atoms with Gasteiger partial charge in [0.15, 0.2) is 0 Å². The van der Waals surface area contributed by atoms with E-state index in [1.807, 2.05) is 0 Å². The minimum atomic E-state index is -1.08. The molecule has 1 unspecified atom stereocenters. The Labute approximate surface area is 58.6 Å². The fourth-order valence-corrected chi connectivity index (χ4v) is 1.60. The highest BCUT2D eigenvalue weighted by Gasteiger charge is 2.03. The maximum Gasteiger partial charge on any atom is 0.455 e. The second-order valence-corrected chi connectivity index (χ2v) is 3.45. The van der Waals surface area contributed by atoms with Crippen molar-refractivity contribution in [2.75, 3.05) is 12.2 Å². The third-order valence-corrected chi connectivity index (χ3v) is 2.39. The lowest BCUT2D eigenvalue weighted by Gasteiger charge is -1.97. The predicted molar refractivity (Wildman–Crippen MR) is 43.1 cm³/mol. The van der Waals surface area contributed by atoms with Gasteiger partial charge in [-0.25, -0.2) is 0 Å². The molecule has 0 amide bonds. The van der Waals surface area contributed by atoms with Crippen LogP contribution < -0.4 is 0 Å². The summed E-state index contributed by atoms with van der Waals surface area (Å²) in [5, 5.41) is 16.8. The average Bonchev–Trinajstić information content (AvgIpc) is 1.80. The molecule has 0 aromatic rings. The Bertz CT molecular complexity index is 60.9. The van der Waals surface area contributed by atoms with E-state index >= 15 is 0 Å². The third kappa shape index (κ3) is 8.41. The first-order chi connectivity index (χ1) is 4.27. The van der Waals surface area contributed by atoms with E-state index in [4.69, 9.17) is 10.0 Å². The monoisotopic (exact) mass is 148 g/mol. The molecular weight excluding hydrogens is 134 g/mol. The van der Waals surface area contributed by atoms with Gasteiger partial charge in [-0.1, -0.05) is 13.3 Å². The Morgan fingerprint density at radius 3 is 2.56 bits per heavy atom. The lowest BCUT2D eigenvalue weighted by molar-refractivity contribution is 0.415. The zero-order valence-corrected chi connectivity index (χ0v) is 6.80. The van der Waals surface area contributed by atoms with E-state index in [1.54, 1.807) is 0 Å². The fraction of sp³-hybridized carbons (Fsp3) is 1.00. The summed E-state index contributed by atoms with van der Waals surface area (Å²) in [6, 6.07) is 0.556. The van der Waals surface area contributed by atoms with Crippen molar-refractivity contribution in [1.29, 1.82) is 0 Å². The molecule has 0 rings (SSSR count). The van der Waals surface area contributed by atoms with Gasteiger partial charge in [-0.2, -0.15) is 0 Å². The second-order valence-electron chi connectivity index (χ2n) is 2.04. The van der Waals surface area contributed by atoms with Crippen LogP contribution in [0.2, 0.25) is 0 Å². The van der Waals surface area contributed by atoms with E-state index in [-0.39, 0.29) is 0 Å². The van der Waals surface area contributed by atoms with Crippen LogP contribution in [0.3, 0.4) is 0 Å². The smallest absolute Gasteiger partial charge is 0.427 e. The summed E-state index contributed by atoms with van der Waals surface area (Å²) < 4.78 is 0. The van der Waals surface area contributed by atoms with E-state index in [0.29, 0.717) is 6.06 Å². The normalized spacial score (nSPS) is 11.0. The molecular formula is C5H14BO2P. The zero-order valence-electron chi connectivity index (χ0n) is 5.80. The van der Waals surface area contributed by atoms with Crippen molar-refractivity contribution in [2.24, 2.45) is 0 Å². The molecule has 0 saturated heterocycles. The average molecular weight is 148 g/mol. The van der Waals surface area contributed by atoms with Crippen LogP contribution in [0.4, 0.5) is 0 Å². The van der Waals surface area contributed by atoms with Gasteiger partial charge in [-0.3, -0.25) is 0 Å². The Morgan fingerprint density at radius 2 is 2.11 bits per heavy atom. The van der Waals surface area contributed by atoms with Gasteiger partial charge in [0.05, 0.1) is 0 Å². The van der Waals surface area contributed by atoms with Crippen LogP contribution in [0.15, 0.2) is 0 Å². The van der Waals surface area contributed by atoms with E-state index in [1.165, 1.54) is 12.8 Å². The molecule has 0 aromatic carbocycles. The standard InChI is InChI=1S/C5H14BO2P/c1-2-3-4-9-5-6(7)8/h7-9H,2-5H2,1H3. The predicted octanol–water partition coefficient (Wildman–Crippen LogP) is 0.477.